The van der Waals surface area contributed by atoms with E-state index in [1.54, 1.807) is 0 Å². The van der Waals surface area contributed by atoms with Crippen LogP contribution in [0.15, 0.2) is 0 Å². The molecular weight excluding hydrogens is 82.0 g/mol. The normalized spacial score (nSPS) is 13.7. The minimum atomic E-state index is -1.07. The highest BCUT2D eigenvalue weighted by Crippen LogP contribution is 1.67. The maximum absolute atomic E-state index is 9.51. The lowest BCUT2D eigenvalue weighted by Crippen LogP contribution is -2.25. The molecule has 6 heavy (non-hydrogen) atoms. The molecule has 35 valence electrons. The molecule has 0 aliphatic heterocycles. The first-order chi connectivity index (χ1) is 2.64. The average molecular weight is 88.1 g/mol. The third-order valence-electron chi connectivity index (χ3n) is 0.317. The second kappa shape index (κ2) is 1.77. The molecular formula is C3H6NO2. The number of aliphatic carboxylic acids is 1. The smallest absolute Gasteiger partial charge is 0.320 e. The van der Waals surface area contributed by atoms with Crippen LogP contribution in [0.2, 0.25) is 0 Å². The zero-order valence-electron chi connectivity index (χ0n) is 3.22. The summed E-state index contributed by atoms with van der Waals surface area (Å²) in [6.45, 7) is 3.02. The van der Waals surface area contributed by atoms with E-state index in [1.165, 1.54) is 0 Å². The van der Waals surface area contributed by atoms with Crippen molar-refractivity contribution in [3.63, 3.8) is 0 Å². The Hall–Kier alpha value is -0.570. The molecule has 3 nitrogen and oxygen atoms in total. The van der Waals surface area contributed by atoms with Gasteiger partial charge in [0.1, 0.15) is 6.04 Å². The lowest BCUT2D eigenvalue weighted by atomic mass is 10.4. The Kier molecular flexibility index (Phi) is 1.60. The summed E-state index contributed by atoms with van der Waals surface area (Å²) in [5, 5.41) is 7.80. The summed E-state index contributed by atoms with van der Waals surface area (Å²) in [5.74, 6) is -1.07. The van der Waals surface area contributed by atoms with E-state index in [-0.39, 0.29) is 0 Å². The van der Waals surface area contributed by atoms with E-state index >= 15 is 0 Å². The fourth-order valence-electron chi connectivity index (χ4n) is 0. The van der Waals surface area contributed by atoms with Gasteiger partial charge < -0.3 is 10.8 Å². The highest BCUT2D eigenvalue weighted by molar-refractivity contribution is 5.73. The Balaban J connectivity index is 3.26. The lowest BCUT2D eigenvalue weighted by Gasteiger charge is -1.89. The molecule has 0 aromatic carbocycles. The Morgan fingerprint density at radius 1 is 2.00 bits per heavy atom. The third kappa shape index (κ3) is 1.72. The summed E-state index contributed by atoms with van der Waals surface area (Å²) in [6.07, 6.45) is 0. The van der Waals surface area contributed by atoms with Crippen molar-refractivity contribution in [1.82, 2.24) is 0 Å². The number of carboxylic acids is 1. The number of rotatable bonds is 1. The highest BCUT2D eigenvalue weighted by atomic mass is 16.4. The van der Waals surface area contributed by atoms with Crippen molar-refractivity contribution >= 4 is 5.97 Å². The SMILES string of the molecule is [CH2][C@H](N)C(=O)O. The van der Waals surface area contributed by atoms with Crippen molar-refractivity contribution in [2.24, 2.45) is 5.73 Å². The van der Waals surface area contributed by atoms with Crippen LogP contribution in [0.3, 0.4) is 0 Å². The van der Waals surface area contributed by atoms with E-state index in [0.717, 1.165) is 0 Å². The van der Waals surface area contributed by atoms with Crippen molar-refractivity contribution in [3.8, 4) is 0 Å². The van der Waals surface area contributed by atoms with Crippen molar-refractivity contribution in [1.29, 1.82) is 0 Å². The van der Waals surface area contributed by atoms with Gasteiger partial charge in [0.15, 0.2) is 0 Å². The molecule has 0 spiro atoms. The molecule has 0 aliphatic carbocycles. The van der Waals surface area contributed by atoms with E-state index < -0.39 is 12.0 Å². The molecule has 0 heterocycles. The van der Waals surface area contributed by atoms with Gasteiger partial charge in [-0.05, 0) is 6.92 Å². The first kappa shape index (κ1) is 5.43. The Morgan fingerprint density at radius 3 is 2.17 bits per heavy atom. The Labute approximate surface area is 35.8 Å². The van der Waals surface area contributed by atoms with Gasteiger partial charge in [0.25, 0.3) is 0 Å². The second-order valence-electron chi connectivity index (χ2n) is 0.945. The Morgan fingerprint density at radius 2 is 2.17 bits per heavy atom. The maximum atomic E-state index is 9.51. The lowest BCUT2D eigenvalue weighted by molar-refractivity contribution is -0.137. The van der Waals surface area contributed by atoms with Crippen LogP contribution in [0, 0.1) is 6.92 Å². The number of nitrogens with two attached hydrogens (primary N) is 1. The topological polar surface area (TPSA) is 63.3 Å². The summed E-state index contributed by atoms with van der Waals surface area (Å²) in [6, 6.07) is -0.981. The van der Waals surface area contributed by atoms with E-state index in [4.69, 9.17) is 10.8 Å². The van der Waals surface area contributed by atoms with E-state index in [9.17, 15) is 4.79 Å². The van der Waals surface area contributed by atoms with Gasteiger partial charge in [0.2, 0.25) is 0 Å². The largest absolute Gasteiger partial charge is 0.480 e. The van der Waals surface area contributed by atoms with Crippen LogP contribution in [0.1, 0.15) is 0 Å². The Bertz CT molecular complexity index is 59.8. The summed E-state index contributed by atoms with van der Waals surface area (Å²) in [4.78, 5) is 9.51. The third-order valence-corrected chi connectivity index (χ3v) is 0.317. The molecule has 0 unspecified atom stereocenters. The van der Waals surface area contributed by atoms with Crippen LogP contribution >= 0.6 is 0 Å². The van der Waals surface area contributed by atoms with Gasteiger partial charge in [-0.3, -0.25) is 4.79 Å². The first-order valence-corrected chi connectivity index (χ1v) is 1.46. The van der Waals surface area contributed by atoms with Crippen LogP contribution in [0.5, 0.6) is 0 Å². The molecule has 3 heteroatoms. The quantitative estimate of drug-likeness (QED) is 0.442. The van der Waals surface area contributed by atoms with Crippen LogP contribution in [0.4, 0.5) is 0 Å². The average Bonchev–Trinajstić information content (AvgIpc) is 1.36. The van der Waals surface area contributed by atoms with Gasteiger partial charge in [-0.1, -0.05) is 0 Å². The van der Waals surface area contributed by atoms with Gasteiger partial charge in [-0.25, -0.2) is 0 Å². The van der Waals surface area contributed by atoms with Crippen LogP contribution in [-0.2, 0) is 4.79 Å². The van der Waals surface area contributed by atoms with E-state index in [1.807, 2.05) is 0 Å². The molecule has 0 amide bonds. The van der Waals surface area contributed by atoms with Crippen LogP contribution in [-0.4, -0.2) is 17.1 Å². The standard InChI is InChI=1S/C3H6NO2/c1-2(4)3(5)6/h2H,1,4H2,(H,5,6)/t2-/m0/s1. The predicted octanol–water partition coefficient (Wildman–Crippen LogP) is -0.768. The monoisotopic (exact) mass is 88.0 g/mol. The van der Waals surface area contributed by atoms with E-state index in [0.29, 0.717) is 0 Å². The van der Waals surface area contributed by atoms with Crippen LogP contribution in [0.25, 0.3) is 0 Å². The highest BCUT2D eigenvalue weighted by Gasteiger charge is 1.99. The van der Waals surface area contributed by atoms with Crippen LogP contribution < -0.4 is 5.73 Å². The zero-order chi connectivity index (χ0) is 5.15. The zero-order valence-corrected chi connectivity index (χ0v) is 3.22. The number of hydrogen-bond acceptors (Lipinski definition) is 2. The van der Waals surface area contributed by atoms with Gasteiger partial charge >= 0.3 is 5.97 Å². The summed E-state index contributed by atoms with van der Waals surface area (Å²) >= 11 is 0. The molecule has 1 atom stereocenters. The summed E-state index contributed by atoms with van der Waals surface area (Å²) in [5.41, 5.74) is 4.72. The molecule has 0 saturated heterocycles. The molecule has 0 aromatic heterocycles. The molecule has 0 rings (SSSR count). The molecule has 1 radical (unpaired) electrons. The fourth-order valence-corrected chi connectivity index (χ4v) is 0. The minimum Gasteiger partial charge on any atom is -0.480 e. The molecule has 0 saturated carbocycles. The second-order valence-corrected chi connectivity index (χ2v) is 0.945. The van der Waals surface area contributed by atoms with Gasteiger partial charge in [0.05, 0.1) is 0 Å². The van der Waals surface area contributed by atoms with Crippen molar-refractivity contribution in [2.45, 2.75) is 6.04 Å². The molecule has 0 bridgehead atoms. The van der Waals surface area contributed by atoms with Crippen molar-refractivity contribution in [2.75, 3.05) is 0 Å². The number of carbonyl (C=O) groups is 1. The van der Waals surface area contributed by atoms with Crippen molar-refractivity contribution in [3.05, 3.63) is 6.92 Å². The maximum Gasteiger partial charge on any atom is 0.320 e. The summed E-state index contributed by atoms with van der Waals surface area (Å²) in [7, 11) is 0. The minimum absolute atomic E-state index is 0.981. The molecule has 0 fully saturated rings. The van der Waals surface area contributed by atoms with Gasteiger partial charge in [-0.15, -0.1) is 0 Å². The summed E-state index contributed by atoms with van der Waals surface area (Å²) < 4.78 is 0. The number of hydrogen-bond donors (Lipinski definition) is 2. The van der Waals surface area contributed by atoms with Crippen molar-refractivity contribution < 1.29 is 9.90 Å². The predicted molar refractivity (Wildman–Crippen MR) is 21.0 cm³/mol. The molecule has 0 aliphatic rings. The first-order valence-electron chi connectivity index (χ1n) is 1.46. The van der Waals surface area contributed by atoms with E-state index in [2.05, 4.69) is 6.92 Å². The molecule has 0 aromatic rings. The van der Waals surface area contributed by atoms with Gasteiger partial charge in [-0.2, -0.15) is 0 Å². The number of carboxylic acid groups (broad SMARTS) is 1. The fraction of sp³-hybridized carbons (Fsp3) is 0.333. The molecule has 3 N–H and O–H groups in total. The van der Waals surface area contributed by atoms with Gasteiger partial charge in [0, 0.05) is 0 Å².